The predicted octanol–water partition coefficient (Wildman–Crippen LogP) is 4.90. The number of methoxy groups -OCH3 is 1. The number of aromatic nitrogens is 2. The van der Waals surface area contributed by atoms with Crippen LogP contribution in [0.4, 0.5) is 14.5 Å². The number of halogens is 2. The number of allylic oxidation sites excluding steroid dienone is 3. The van der Waals surface area contributed by atoms with Gasteiger partial charge in [0.25, 0.3) is 10.0 Å². The van der Waals surface area contributed by atoms with Gasteiger partial charge in [-0.1, -0.05) is 18.7 Å². The Morgan fingerprint density at radius 1 is 1.11 bits per heavy atom. The summed E-state index contributed by atoms with van der Waals surface area (Å²) in [5.41, 5.74) is 3.52. The maximum absolute atomic E-state index is 14.2. The van der Waals surface area contributed by atoms with Crippen molar-refractivity contribution in [3.8, 4) is 17.0 Å². The molecule has 4 aromatic rings. The maximum atomic E-state index is 14.2. The number of nitrogens with zero attached hydrogens (tertiary/aromatic N) is 3. The molecule has 0 aliphatic rings. The smallest absolute Gasteiger partial charge is 0.264 e. The molecule has 0 atom stereocenters. The SMILES string of the molecule is C=C/C(=C\C=N/N)c1ccnc2ccc(-c3cnc(OC)c(NS(=O)(=O)c4ccc(F)cc4F)c3)cc12. The Labute approximate surface area is 211 Å². The third kappa shape index (κ3) is 5.31. The number of anilines is 1. The first-order chi connectivity index (χ1) is 17.8. The van der Waals surface area contributed by atoms with E-state index in [-0.39, 0.29) is 11.6 Å². The number of fused-ring (bicyclic) bond motifs is 1. The van der Waals surface area contributed by atoms with Gasteiger partial charge in [-0.15, -0.1) is 0 Å². The number of nitrogens with two attached hydrogens (primary N) is 1. The van der Waals surface area contributed by atoms with Crippen molar-refractivity contribution in [3.63, 3.8) is 0 Å². The summed E-state index contributed by atoms with van der Waals surface area (Å²) in [7, 11) is -3.10. The van der Waals surface area contributed by atoms with Gasteiger partial charge in [0.15, 0.2) is 0 Å². The van der Waals surface area contributed by atoms with Crippen molar-refractivity contribution in [2.45, 2.75) is 4.90 Å². The molecule has 2 heterocycles. The second-order valence-electron chi connectivity index (χ2n) is 7.68. The van der Waals surface area contributed by atoms with E-state index in [9.17, 15) is 17.2 Å². The number of rotatable bonds is 8. The van der Waals surface area contributed by atoms with Gasteiger partial charge in [-0.25, -0.2) is 22.2 Å². The van der Waals surface area contributed by atoms with Crippen LogP contribution in [0.3, 0.4) is 0 Å². The van der Waals surface area contributed by atoms with E-state index in [0.717, 1.165) is 28.7 Å². The molecule has 0 aliphatic heterocycles. The van der Waals surface area contributed by atoms with E-state index < -0.39 is 26.6 Å². The maximum Gasteiger partial charge on any atom is 0.264 e. The Kier molecular flexibility index (Phi) is 7.25. The molecular weight excluding hydrogens is 500 g/mol. The molecule has 0 fully saturated rings. The molecule has 37 heavy (non-hydrogen) atoms. The zero-order valence-electron chi connectivity index (χ0n) is 19.5. The van der Waals surface area contributed by atoms with Crippen molar-refractivity contribution in [1.82, 2.24) is 9.97 Å². The van der Waals surface area contributed by atoms with E-state index in [4.69, 9.17) is 10.6 Å². The molecule has 0 radical (unpaired) electrons. The third-order valence-corrected chi connectivity index (χ3v) is 6.82. The molecule has 2 aromatic carbocycles. The van der Waals surface area contributed by atoms with Crippen LogP contribution in [-0.2, 0) is 10.0 Å². The topological polar surface area (TPSA) is 120 Å². The second kappa shape index (κ2) is 10.5. The summed E-state index contributed by atoms with van der Waals surface area (Å²) >= 11 is 0. The van der Waals surface area contributed by atoms with Gasteiger partial charge in [0, 0.05) is 35.6 Å². The van der Waals surface area contributed by atoms with Gasteiger partial charge >= 0.3 is 0 Å². The third-order valence-electron chi connectivity index (χ3n) is 5.42. The monoisotopic (exact) mass is 521 g/mol. The quantitative estimate of drug-likeness (QED) is 0.147. The zero-order valence-corrected chi connectivity index (χ0v) is 20.3. The lowest BCUT2D eigenvalue weighted by Crippen LogP contribution is -2.15. The molecule has 11 heteroatoms. The van der Waals surface area contributed by atoms with Gasteiger partial charge in [-0.2, -0.15) is 5.10 Å². The van der Waals surface area contributed by atoms with Crippen LogP contribution in [0.15, 0.2) is 89.7 Å². The Morgan fingerprint density at radius 3 is 2.62 bits per heavy atom. The summed E-state index contributed by atoms with van der Waals surface area (Å²) in [4.78, 5) is 7.90. The first-order valence-corrected chi connectivity index (χ1v) is 12.2. The van der Waals surface area contributed by atoms with Crippen LogP contribution < -0.4 is 15.3 Å². The summed E-state index contributed by atoms with van der Waals surface area (Å²) in [6, 6.07) is 11.0. The van der Waals surface area contributed by atoms with Gasteiger partial charge in [-0.3, -0.25) is 9.71 Å². The van der Waals surface area contributed by atoms with Crippen molar-refractivity contribution in [2.24, 2.45) is 10.9 Å². The highest BCUT2D eigenvalue weighted by Crippen LogP contribution is 2.33. The normalized spacial score (nSPS) is 12.1. The van der Waals surface area contributed by atoms with Crippen molar-refractivity contribution in [2.75, 3.05) is 11.8 Å². The minimum Gasteiger partial charge on any atom is -0.480 e. The highest BCUT2D eigenvalue weighted by Gasteiger charge is 2.22. The van der Waals surface area contributed by atoms with Gasteiger partial charge in [-0.05, 0) is 59.2 Å². The van der Waals surface area contributed by atoms with Crippen LogP contribution in [0.1, 0.15) is 5.56 Å². The summed E-state index contributed by atoms with van der Waals surface area (Å²) in [5.74, 6) is 3.08. The first kappa shape index (κ1) is 25.5. The molecule has 188 valence electrons. The van der Waals surface area contributed by atoms with Gasteiger partial charge in [0.05, 0.1) is 12.6 Å². The lowest BCUT2D eigenvalue weighted by atomic mass is 9.97. The van der Waals surface area contributed by atoms with Crippen LogP contribution in [-0.4, -0.2) is 31.7 Å². The fourth-order valence-electron chi connectivity index (χ4n) is 3.71. The first-order valence-electron chi connectivity index (χ1n) is 10.7. The molecule has 3 N–H and O–H groups in total. The van der Waals surface area contributed by atoms with Gasteiger partial charge < -0.3 is 10.6 Å². The van der Waals surface area contributed by atoms with Crippen LogP contribution in [0.2, 0.25) is 0 Å². The Bertz CT molecular complexity index is 1670. The Hall–Kier alpha value is -4.64. The van der Waals surface area contributed by atoms with Crippen LogP contribution in [0, 0.1) is 11.6 Å². The van der Waals surface area contributed by atoms with E-state index >= 15 is 0 Å². The highest BCUT2D eigenvalue weighted by atomic mass is 32.2. The molecule has 0 bridgehead atoms. The lowest BCUT2D eigenvalue weighted by molar-refractivity contribution is 0.400. The summed E-state index contributed by atoms with van der Waals surface area (Å²) in [5, 5.41) is 4.29. The minimum atomic E-state index is -4.42. The fourth-order valence-corrected chi connectivity index (χ4v) is 4.82. The van der Waals surface area contributed by atoms with Crippen molar-refractivity contribution in [3.05, 3.63) is 96.9 Å². The second-order valence-corrected chi connectivity index (χ2v) is 9.33. The van der Waals surface area contributed by atoms with Crippen molar-refractivity contribution >= 4 is 38.4 Å². The van der Waals surface area contributed by atoms with E-state index in [2.05, 4.69) is 26.4 Å². The van der Waals surface area contributed by atoms with E-state index in [1.54, 1.807) is 24.4 Å². The molecule has 2 aromatic heterocycles. The summed E-state index contributed by atoms with van der Waals surface area (Å²) in [6.07, 6.45) is 8.01. The Balaban J connectivity index is 1.80. The molecule has 0 saturated carbocycles. The fraction of sp³-hybridized carbons (Fsp3) is 0.0385. The van der Waals surface area contributed by atoms with Gasteiger partial charge in [0.1, 0.15) is 22.2 Å². The van der Waals surface area contributed by atoms with Crippen LogP contribution >= 0.6 is 0 Å². The standard InChI is InChI=1S/C26H21F2N5O3S/c1-3-16(8-11-32-29)20-9-10-30-23-6-4-17(12-21(20)23)18-13-24(26(36-2)31-15-18)33-37(34,35)25-7-5-19(27)14-22(25)28/h3-15,33H,1,29H2,2H3/b16-8+,32-11-. The molecule has 0 unspecified atom stereocenters. The highest BCUT2D eigenvalue weighted by molar-refractivity contribution is 7.92. The molecule has 0 spiro atoms. The van der Waals surface area contributed by atoms with E-state index in [1.807, 2.05) is 18.2 Å². The van der Waals surface area contributed by atoms with Crippen LogP contribution in [0.25, 0.3) is 27.6 Å². The van der Waals surface area contributed by atoms with Crippen molar-refractivity contribution in [1.29, 1.82) is 0 Å². The minimum absolute atomic E-state index is 0.0268. The number of hydrogen-bond donors (Lipinski definition) is 2. The number of benzene rings is 2. The molecule has 0 saturated heterocycles. The molecule has 0 amide bonds. The molecule has 4 rings (SSSR count). The van der Waals surface area contributed by atoms with E-state index in [0.29, 0.717) is 22.7 Å². The molecule has 8 nitrogen and oxygen atoms in total. The number of hydrogen-bond acceptors (Lipinski definition) is 7. The number of sulfonamides is 1. The van der Waals surface area contributed by atoms with Crippen molar-refractivity contribution < 1.29 is 21.9 Å². The molecule has 0 aliphatic carbocycles. The summed E-state index contributed by atoms with van der Waals surface area (Å²) < 4.78 is 60.7. The largest absolute Gasteiger partial charge is 0.480 e. The number of hydrazone groups is 1. The number of ether oxygens (including phenoxy) is 1. The molecular formula is C26H21F2N5O3S. The van der Waals surface area contributed by atoms with Crippen LogP contribution in [0.5, 0.6) is 5.88 Å². The summed E-state index contributed by atoms with van der Waals surface area (Å²) in [6.45, 7) is 3.85. The number of nitrogens with one attached hydrogen (secondary N) is 1. The average Bonchev–Trinajstić information content (AvgIpc) is 2.88. The zero-order chi connectivity index (χ0) is 26.6. The number of pyridine rings is 2. The Morgan fingerprint density at radius 2 is 1.92 bits per heavy atom. The predicted molar refractivity (Wildman–Crippen MR) is 140 cm³/mol. The van der Waals surface area contributed by atoms with E-state index in [1.165, 1.54) is 25.6 Å². The van der Waals surface area contributed by atoms with Gasteiger partial charge in [0.2, 0.25) is 5.88 Å². The lowest BCUT2D eigenvalue weighted by Gasteiger charge is -2.14. The average molecular weight is 522 g/mol.